The van der Waals surface area contributed by atoms with E-state index in [9.17, 15) is 14.7 Å². The second kappa shape index (κ2) is 8.11. The van der Waals surface area contributed by atoms with Crippen LogP contribution >= 0.6 is 0 Å². The Balaban J connectivity index is 2.74. The van der Waals surface area contributed by atoms with Crippen molar-refractivity contribution in [1.82, 2.24) is 0 Å². The van der Waals surface area contributed by atoms with Gasteiger partial charge in [0.15, 0.2) is 0 Å². The third-order valence-corrected chi connectivity index (χ3v) is 4.54. The van der Waals surface area contributed by atoms with E-state index in [1.807, 2.05) is 0 Å². The van der Waals surface area contributed by atoms with Gasteiger partial charge in [-0.15, -0.1) is 0 Å². The maximum absolute atomic E-state index is 12.2. The SMILES string of the molecule is CC(=O)C1(CCC(C)CCC=C(C)C)C=CC=CC1C(=O)[O-]. The van der Waals surface area contributed by atoms with Crippen molar-refractivity contribution in [3.63, 3.8) is 0 Å². The monoisotopic (exact) mass is 303 g/mol. The van der Waals surface area contributed by atoms with Gasteiger partial charge in [-0.05, 0) is 52.4 Å². The van der Waals surface area contributed by atoms with Crippen LogP contribution in [0, 0.1) is 17.3 Å². The molecule has 22 heavy (non-hydrogen) atoms. The number of hydrogen-bond donors (Lipinski definition) is 0. The van der Waals surface area contributed by atoms with Crippen LogP contribution in [0.2, 0.25) is 0 Å². The lowest BCUT2D eigenvalue weighted by atomic mass is 9.66. The van der Waals surface area contributed by atoms with E-state index in [4.69, 9.17) is 0 Å². The van der Waals surface area contributed by atoms with Crippen molar-refractivity contribution in [2.24, 2.45) is 17.3 Å². The molecule has 0 saturated heterocycles. The predicted molar refractivity (Wildman–Crippen MR) is 87.0 cm³/mol. The van der Waals surface area contributed by atoms with Gasteiger partial charge in [0, 0.05) is 11.9 Å². The van der Waals surface area contributed by atoms with Crippen LogP contribution in [-0.4, -0.2) is 11.8 Å². The van der Waals surface area contributed by atoms with Crippen LogP contribution < -0.4 is 5.11 Å². The van der Waals surface area contributed by atoms with Crippen molar-refractivity contribution in [2.75, 3.05) is 0 Å². The van der Waals surface area contributed by atoms with Gasteiger partial charge < -0.3 is 9.90 Å². The number of carbonyl (C=O) groups excluding carboxylic acids is 2. The van der Waals surface area contributed by atoms with Crippen molar-refractivity contribution in [3.8, 4) is 0 Å². The molecule has 0 aliphatic heterocycles. The molecule has 0 saturated carbocycles. The molecule has 3 nitrogen and oxygen atoms in total. The normalized spacial score (nSPS) is 24.8. The highest BCUT2D eigenvalue weighted by molar-refractivity contribution is 5.91. The Morgan fingerprint density at radius 1 is 1.23 bits per heavy atom. The van der Waals surface area contributed by atoms with E-state index in [0.717, 1.165) is 19.3 Å². The molecule has 1 rings (SSSR count). The van der Waals surface area contributed by atoms with E-state index in [0.29, 0.717) is 12.3 Å². The first-order valence-electron chi connectivity index (χ1n) is 8.01. The molecule has 0 amide bonds. The highest BCUT2D eigenvalue weighted by Crippen LogP contribution is 2.40. The van der Waals surface area contributed by atoms with Gasteiger partial charge in [0.1, 0.15) is 5.78 Å². The lowest BCUT2D eigenvalue weighted by Gasteiger charge is -2.37. The zero-order valence-electron chi connectivity index (χ0n) is 14.1. The Kier molecular flexibility index (Phi) is 6.79. The number of rotatable bonds is 8. The number of allylic oxidation sites excluding steroid dienone is 5. The highest BCUT2D eigenvalue weighted by Gasteiger charge is 2.41. The van der Waals surface area contributed by atoms with Crippen LogP contribution in [0.25, 0.3) is 0 Å². The summed E-state index contributed by atoms with van der Waals surface area (Å²) in [6, 6.07) is 0. The first-order valence-corrected chi connectivity index (χ1v) is 8.01. The Bertz CT molecular complexity index is 495. The lowest BCUT2D eigenvalue weighted by molar-refractivity contribution is -0.312. The first kappa shape index (κ1) is 18.4. The van der Waals surface area contributed by atoms with Crippen molar-refractivity contribution in [3.05, 3.63) is 36.0 Å². The number of carbonyl (C=O) groups is 2. The van der Waals surface area contributed by atoms with Crippen LogP contribution in [-0.2, 0) is 9.59 Å². The predicted octanol–water partition coefficient (Wildman–Crippen LogP) is 3.22. The van der Waals surface area contributed by atoms with E-state index in [-0.39, 0.29) is 5.78 Å². The van der Waals surface area contributed by atoms with Crippen molar-refractivity contribution < 1.29 is 14.7 Å². The number of Topliss-reactive ketones (excluding diaryl/α,β-unsaturated/α-hetero) is 1. The molecular formula is C19H27O3-. The zero-order valence-corrected chi connectivity index (χ0v) is 14.1. The first-order chi connectivity index (χ1) is 10.3. The molecule has 1 aliphatic rings. The van der Waals surface area contributed by atoms with Crippen LogP contribution in [0.1, 0.15) is 53.4 Å². The summed E-state index contributed by atoms with van der Waals surface area (Å²) in [5, 5.41) is 11.4. The number of carboxylic acids is 1. The standard InChI is InChI=1S/C19H28O3/c1-14(2)8-7-9-15(3)11-13-19(16(4)20)12-6-5-10-17(19)18(21)22/h5-6,8,10,12,15,17H,7,9,11,13H2,1-4H3,(H,21,22)/p-1. The van der Waals surface area contributed by atoms with E-state index in [1.54, 1.807) is 24.3 Å². The van der Waals surface area contributed by atoms with Crippen LogP contribution in [0.4, 0.5) is 0 Å². The molecule has 0 N–H and O–H groups in total. The Morgan fingerprint density at radius 3 is 2.45 bits per heavy atom. The van der Waals surface area contributed by atoms with Gasteiger partial charge in [-0.3, -0.25) is 4.79 Å². The average Bonchev–Trinajstić information content (AvgIpc) is 2.44. The molecular weight excluding hydrogens is 276 g/mol. The van der Waals surface area contributed by atoms with Gasteiger partial charge in [-0.1, -0.05) is 42.9 Å². The summed E-state index contributed by atoms with van der Waals surface area (Å²) in [6.45, 7) is 7.80. The third-order valence-electron chi connectivity index (χ3n) is 4.54. The number of carboxylic acid groups (broad SMARTS) is 1. The summed E-state index contributed by atoms with van der Waals surface area (Å²) in [6.07, 6.45) is 12.4. The minimum Gasteiger partial charge on any atom is -0.549 e. The largest absolute Gasteiger partial charge is 0.549 e. The topological polar surface area (TPSA) is 57.2 Å². The fourth-order valence-corrected chi connectivity index (χ4v) is 3.00. The summed E-state index contributed by atoms with van der Waals surface area (Å²) >= 11 is 0. The van der Waals surface area contributed by atoms with Gasteiger partial charge in [0.05, 0.1) is 5.41 Å². The summed E-state index contributed by atoms with van der Waals surface area (Å²) in [7, 11) is 0. The number of ketones is 1. The molecule has 0 fully saturated rings. The Labute approximate surface area is 133 Å². The summed E-state index contributed by atoms with van der Waals surface area (Å²) < 4.78 is 0. The molecule has 122 valence electrons. The van der Waals surface area contributed by atoms with Crippen LogP contribution in [0.3, 0.4) is 0 Å². The van der Waals surface area contributed by atoms with Crippen molar-refractivity contribution in [2.45, 2.75) is 53.4 Å². The zero-order chi connectivity index (χ0) is 16.8. The average molecular weight is 303 g/mol. The number of hydrogen-bond acceptors (Lipinski definition) is 3. The molecule has 0 aromatic carbocycles. The van der Waals surface area contributed by atoms with Gasteiger partial charge in [0.2, 0.25) is 0 Å². The molecule has 3 unspecified atom stereocenters. The fourth-order valence-electron chi connectivity index (χ4n) is 3.00. The van der Waals surface area contributed by atoms with E-state index in [1.165, 1.54) is 12.5 Å². The molecule has 0 bridgehead atoms. The smallest absolute Gasteiger partial charge is 0.140 e. The summed E-state index contributed by atoms with van der Waals surface area (Å²) in [5.74, 6) is -1.68. The van der Waals surface area contributed by atoms with E-state index in [2.05, 4.69) is 26.8 Å². The molecule has 0 heterocycles. The third kappa shape index (κ3) is 4.69. The molecule has 0 radical (unpaired) electrons. The quantitative estimate of drug-likeness (QED) is 0.647. The summed E-state index contributed by atoms with van der Waals surface area (Å²) in [5.41, 5.74) is 0.364. The fraction of sp³-hybridized carbons (Fsp3) is 0.579. The second-order valence-electron chi connectivity index (χ2n) is 6.64. The van der Waals surface area contributed by atoms with Gasteiger partial charge in [-0.2, -0.15) is 0 Å². The molecule has 3 heteroatoms. The second-order valence-corrected chi connectivity index (χ2v) is 6.64. The molecule has 0 spiro atoms. The molecule has 0 aromatic rings. The highest BCUT2D eigenvalue weighted by atomic mass is 16.4. The van der Waals surface area contributed by atoms with Crippen LogP contribution in [0.15, 0.2) is 36.0 Å². The Morgan fingerprint density at radius 2 is 1.91 bits per heavy atom. The number of aliphatic carboxylic acids is 1. The molecule has 1 aliphatic carbocycles. The van der Waals surface area contributed by atoms with E-state index >= 15 is 0 Å². The Hall–Kier alpha value is -1.64. The molecule has 0 aromatic heterocycles. The van der Waals surface area contributed by atoms with Crippen molar-refractivity contribution >= 4 is 11.8 Å². The maximum Gasteiger partial charge on any atom is 0.140 e. The molecule has 3 atom stereocenters. The summed E-state index contributed by atoms with van der Waals surface area (Å²) in [4.78, 5) is 23.6. The minimum absolute atomic E-state index is 0.0983. The van der Waals surface area contributed by atoms with Gasteiger partial charge >= 0.3 is 0 Å². The maximum atomic E-state index is 12.2. The van der Waals surface area contributed by atoms with Crippen LogP contribution in [0.5, 0.6) is 0 Å². The lowest BCUT2D eigenvalue weighted by Crippen LogP contribution is -2.46. The van der Waals surface area contributed by atoms with Crippen molar-refractivity contribution in [1.29, 1.82) is 0 Å². The van der Waals surface area contributed by atoms with Gasteiger partial charge in [0.25, 0.3) is 0 Å². The minimum atomic E-state index is -1.17. The van der Waals surface area contributed by atoms with Gasteiger partial charge in [-0.25, -0.2) is 0 Å². The van der Waals surface area contributed by atoms with E-state index < -0.39 is 17.3 Å².